The molecule has 1 aromatic carbocycles. The zero-order chi connectivity index (χ0) is 35.7. The maximum absolute atomic E-state index is 14.2. The van der Waals surface area contributed by atoms with Gasteiger partial charge in [0.1, 0.15) is 5.76 Å². The molecule has 2 aliphatic carbocycles. The van der Waals surface area contributed by atoms with Gasteiger partial charge in [-0.2, -0.15) is 8.42 Å². The predicted octanol–water partition coefficient (Wildman–Crippen LogP) is 5.51. The Kier molecular flexibility index (Phi) is 8.92. The number of amides is 2. The van der Waals surface area contributed by atoms with E-state index in [1.54, 1.807) is 6.07 Å². The number of nitrogens with one attached hydrogen (secondary N) is 1. The second-order valence-electron chi connectivity index (χ2n) is 14.4. The minimum absolute atomic E-state index is 0.0549. The van der Waals surface area contributed by atoms with Crippen LogP contribution in [0.2, 0.25) is 0 Å². The van der Waals surface area contributed by atoms with Crippen LogP contribution in [0.15, 0.2) is 57.5 Å². The van der Waals surface area contributed by atoms with Gasteiger partial charge in [0, 0.05) is 72.4 Å². The number of aliphatic hydroxyl groups excluding tert-OH is 1. The molecule has 5 rings (SSSR count). The highest BCUT2D eigenvalue weighted by Gasteiger charge is 2.48. The quantitative estimate of drug-likeness (QED) is 0.238. The van der Waals surface area contributed by atoms with Crippen LogP contribution in [-0.2, 0) is 29.9 Å². The van der Waals surface area contributed by atoms with E-state index in [2.05, 4.69) is 42.9 Å². The minimum Gasteiger partial charge on any atom is -0.506 e. The van der Waals surface area contributed by atoms with Crippen LogP contribution < -0.4 is 10.2 Å². The topological polar surface area (TPSA) is 157 Å². The van der Waals surface area contributed by atoms with E-state index in [0.717, 1.165) is 35.5 Å². The number of ketones is 1. The van der Waals surface area contributed by atoms with E-state index in [9.17, 15) is 32.5 Å². The van der Waals surface area contributed by atoms with Gasteiger partial charge in [0.25, 0.3) is 10.1 Å². The van der Waals surface area contributed by atoms with Gasteiger partial charge in [0.05, 0.1) is 28.3 Å². The largest absolute Gasteiger partial charge is 0.506 e. The van der Waals surface area contributed by atoms with E-state index < -0.39 is 27.2 Å². The lowest BCUT2D eigenvalue weighted by Gasteiger charge is -2.31. The van der Waals surface area contributed by atoms with Gasteiger partial charge < -0.3 is 20.2 Å². The van der Waals surface area contributed by atoms with Gasteiger partial charge in [-0.05, 0) is 62.1 Å². The number of rotatable bonds is 8. The average molecular weight is 679 g/mol. The van der Waals surface area contributed by atoms with Gasteiger partial charge in [-0.1, -0.05) is 34.6 Å². The maximum atomic E-state index is 14.2. The predicted molar refractivity (Wildman–Crippen MR) is 188 cm³/mol. The van der Waals surface area contributed by atoms with E-state index in [-0.39, 0.29) is 52.5 Å². The number of likely N-dealkylation sites (tertiary alicyclic amines) is 1. The fourth-order valence-electron chi connectivity index (χ4n) is 7.47. The van der Waals surface area contributed by atoms with Crippen molar-refractivity contribution in [2.24, 2.45) is 10.4 Å². The number of nitrogens with zero attached hydrogens (tertiary/aromatic N) is 3. The molecular formula is C36H46N4O7S. The number of benzene rings is 1. The Hall–Kier alpha value is -4.03. The van der Waals surface area contributed by atoms with Gasteiger partial charge >= 0.3 is 0 Å². The zero-order valence-corrected chi connectivity index (χ0v) is 30.0. The van der Waals surface area contributed by atoms with Crippen molar-refractivity contribution in [3.05, 3.63) is 63.6 Å². The highest BCUT2D eigenvalue weighted by atomic mass is 32.2. The number of carbonyl (C=O) groups is 3. The van der Waals surface area contributed by atoms with Crippen molar-refractivity contribution in [2.75, 3.05) is 29.1 Å². The number of aliphatic imine (C=N–C) groups is 1. The van der Waals surface area contributed by atoms with Gasteiger partial charge in [-0.3, -0.25) is 18.9 Å². The zero-order valence-electron chi connectivity index (χ0n) is 29.2. The van der Waals surface area contributed by atoms with Crippen LogP contribution >= 0.6 is 0 Å². The molecule has 2 aliphatic heterocycles. The number of hydrogen-bond acceptors (Lipinski definition) is 8. The molecule has 11 nitrogen and oxygen atoms in total. The first-order valence-corrected chi connectivity index (χ1v) is 18.0. The summed E-state index contributed by atoms with van der Waals surface area (Å²) in [5.41, 5.74) is 4.37. The summed E-state index contributed by atoms with van der Waals surface area (Å²) in [4.78, 5) is 47.4. The maximum Gasteiger partial charge on any atom is 0.264 e. The molecule has 0 bridgehead atoms. The van der Waals surface area contributed by atoms with Crippen LogP contribution in [0.5, 0.6) is 0 Å². The molecule has 3 N–H and O–H groups in total. The number of aliphatic hydroxyl groups is 1. The van der Waals surface area contributed by atoms with Gasteiger partial charge in [0.15, 0.2) is 0 Å². The summed E-state index contributed by atoms with van der Waals surface area (Å²) in [5, 5.41) is 14.5. The first-order valence-electron chi connectivity index (χ1n) is 16.4. The monoisotopic (exact) mass is 678 g/mol. The first kappa shape index (κ1) is 35.3. The Morgan fingerprint density at radius 2 is 1.62 bits per heavy atom. The molecule has 258 valence electrons. The summed E-state index contributed by atoms with van der Waals surface area (Å²) < 4.78 is 32.1. The Labute approximate surface area is 282 Å². The molecule has 0 spiro atoms. The third-order valence-electron chi connectivity index (χ3n) is 10.6. The lowest BCUT2D eigenvalue weighted by Crippen LogP contribution is -2.39. The average Bonchev–Trinajstić information content (AvgIpc) is 3.26. The van der Waals surface area contributed by atoms with Crippen molar-refractivity contribution in [2.45, 2.75) is 92.7 Å². The Morgan fingerprint density at radius 3 is 2.19 bits per heavy atom. The van der Waals surface area contributed by atoms with Crippen LogP contribution in [0.25, 0.3) is 5.57 Å². The fraction of sp³-hybridized carbons (Fsp3) is 0.500. The molecule has 2 unspecified atom stereocenters. The molecular weight excluding hydrogens is 632 g/mol. The second kappa shape index (κ2) is 12.1. The molecule has 2 amide bonds. The van der Waals surface area contributed by atoms with E-state index in [1.807, 2.05) is 43.9 Å². The third-order valence-corrected chi connectivity index (χ3v) is 11.4. The molecule has 1 saturated heterocycles. The Morgan fingerprint density at radius 1 is 0.979 bits per heavy atom. The van der Waals surface area contributed by atoms with Crippen LogP contribution in [0.4, 0.5) is 11.4 Å². The van der Waals surface area contributed by atoms with Gasteiger partial charge in [0.2, 0.25) is 17.6 Å². The number of hydrogen-bond donors (Lipinski definition) is 3. The second-order valence-corrected chi connectivity index (χ2v) is 15.9. The molecule has 48 heavy (non-hydrogen) atoms. The first-order chi connectivity index (χ1) is 22.2. The molecule has 4 aliphatic rings. The van der Waals surface area contributed by atoms with Crippen LogP contribution in [0.3, 0.4) is 0 Å². The van der Waals surface area contributed by atoms with E-state index in [1.165, 1.54) is 13.8 Å². The summed E-state index contributed by atoms with van der Waals surface area (Å²) in [6.07, 6.45) is 4.85. The number of fused-ring (bicyclic) bond motifs is 2. The standard InChI is InChI=1S/C36H46N4O7S/c1-10-12-39-19(2)35(6,7)25-15-23(27(17-29(25)39)37-21(4)41)31-33(43)32(34(31)44)24-16-26-30(18-28(24)38-22(5)42)40(20(3)36(26,8)9)13-11-14-48(45,46)47/h15-20,43H,10-14H2,1-9H3,(H,38,42)(H,45,46,47). The summed E-state index contributed by atoms with van der Waals surface area (Å²) in [5.74, 6) is -1.85. The molecule has 2 atom stereocenters. The fourth-order valence-corrected chi connectivity index (χ4v) is 7.96. The smallest absolute Gasteiger partial charge is 0.264 e. The highest BCUT2D eigenvalue weighted by molar-refractivity contribution is 7.85. The summed E-state index contributed by atoms with van der Waals surface area (Å²) >= 11 is 0. The number of Topliss-reactive ketones (excluding diaryl/α,β-unsaturated/α-hetero) is 1. The Balaban J connectivity index is 1.67. The van der Waals surface area contributed by atoms with Crippen molar-refractivity contribution in [1.82, 2.24) is 4.90 Å². The lowest BCUT2D eigenvalue weighted by molar-refractivity contribution is -0.116. The lowest BCUT2D eigenvalue weighted by atomic mass is 9.73. The molecule has 0 aromatic heterocycles. The minimum atomic E-state index is -4.13. The SMILES string of the molecule is CCCN1C2=CC(=NC(C)=O)C(=C3C(=O)C(c4cc5c(cc4NC(C)=O)N(CCCS(=O)(=O)O)C(C)C5(C)C)=C3O)C=C2C(C)(C)C1C. The normalized spacial score (nSPS) is 25.1. The molecule has 2 heterocycles. The van der Waals surface area contributed by atoms with Crippen molar-refractivity contribution < 1.29 is 32.5 Å². The van der Waals surface area contributed by atoms with Gasteiger partial charge in [-0.15, -0.1) is 0 Å². The molecule has 1 fully saturated rings. The summed E-state index contributed by atoms with van der Waals surface area (Å²) in [7, 11) is -4.13. The number of allylic oxidation sites excluding steroid dienone is 6. The number of anilines is 2. The van der Waals surface area contributed by atoms with E-state index in [4.69, 9.17) is 0 Å². The Bertz CT molecular complexity index is 1900. The molecule has 1 aromatic rings. The third kappa shape index (κ3) is 5.83. The van der Waals surface area contributed by atoms with Crippen molar-refractivity contribution >= 4 is 50.4 Å². The summed E-state index contributed by atoms with van der Waals surface area (Å²) in [6.45, 7) is 18.5. The van der Waals surface area contributed by atoms with E-state index in [0.29, 0.717) is 29.1 Å². The van der Waals surface area contributed by atoms with Crippen LogP contribution in [0, 0.1) is 5.41 Å². The molecule has 0 saturated carbocycles. The van der Waals surface area contributed by atoms with E-state index >= 15 is 0 Å². The highest BCUT2D eigenvalue weighted by Crippen LogP contribution is 2.53. The van der Waals surface area contributed by atoms with Crippen molar-refractivity contribution in [1.29, 1.82) is 0 Å². The van der Waals surface area contributed by atoms with Crippen molar-refractivity contribution in [3.8, 4) is 0 Å². The van der Waals surface area contributed by atoms with Gasteiger partial charge in [-0.25, -0.2) is 4.99 Å². The number of carbonyl (C=O) groups excluding carboxylic acids is 3. The van der Waals surface area contributed by atoms with Crippen LogP contribution in [-0.4, -0.2) is 77.2 Å². The molecule has 0 radical (unpaired) electrons. The molecule has 12 heteroatoms. The van der Waals surface area contributed by atoms with Crippen LogP contribution in [0.1, 0.15) is 86.3 Å². The summed E-state index contributed by atoms with van der Waals surface area (Å²) in [6, 6.07) is 3.64. The van der Waals surface area contributed by atoms with Crippen molar-refractivity contribution in [3.63, 3.8) is 0 Å².